The van der Waals surface area contributed by atoms with Crippen LogP contribution in [0.15, 0.2) is 59.9 Å². The molecule has 7 heteroatoms. The summed E-state index contributed by atoms with van der Waals surface area (Å²) >= 11 is 0. The van der Waals surface area contributed by atoms with E-state index in [-0.39, 0.29) is 42.5 Å². The van der Waals surface area contributed by atoms with Crippen LogP contribution >= 0.6 is 24.0 Å². The standard InChI is InChI=1S/C18H23N5O.HI/c1-3-20-18(22-14(2)15-8-5-4-6-9-15)21-13-17(24)23-16-10-7-11-19-12-16;/h4-12,14H,3,13H2,1-2H3,(H,23,24)(H2,20,21,22);1H. The molecule has 1 unspecified atom stereocenters. The van der Waals surface area contributed by atoms with Crippen molar-refractivity contribution in [3.8, 4) is 0 Å². The Kier molecular flexibility index (Phi) is 9.53. The van der Waals surface area contributed by atoms with E-state index in [9.17, 15) is 4.79 Å². The minimum absolute atomic E-state index is 0. The van der Waals surface area contributed by atoms with E-state index in [2.05, 4.69) is 45.0 Å². The number of amides is 1. The van der Waals surface area contributed by atoms with E-state index in [4.69, 9.17) is 0 Å². The molecular weight excluding hydrogens is 429 g/mol. The normalized spacial score (nSPS) is 11.8. The zero-order valence-electron chi connectivity index (χ0n) is 14.4. The van der Waals surface area contributed by atoms with Crippen molar-refractivity contribution >= 4 is 41.5 Å². The second kappa shape index (κ2) is 11.4. The van der Waals surface area contributed by atoms with E-state index in [1.54, 1.807) is 24.5 Å². The number of anilines is 1. The zero-order chi connectivity index (χ0) is 17.2. The summed E-state index contributed by atoms with van der Waals surface area (Å²) in [5.74, 6) is 0.419. The van der Waals surface area contributed by atoms with Crippen molar-refractivity contribution in [3.63, 3.8) is 0 Å². The molecule has 1 atom stereocenters. The molecule has 0 saturated heterocycles. The van der Waals surface area contributed by atoms with Crippen molar-refractivity contribution in [1.29, 1.82) is 0 Å². The van der Waals surface area contributed by atoms with Crippen molar-refractivity contribution < 1.29 is 4.79 Å². The monoisotopic (exact) mass is 453 g/mol. The molecule has 1 aromatic carbocycles. The van der Waals surface area contributed by atoms with Gasteiger partial charge in [0.05, 0.1) is 17.9 Å². The van der Waals surface area contributed by atoms with Gasteiger partial charge >= 0.3 is 0 Å². The molecule has 6 nitrogen and oxygen atoms in total. The van der Waals surface area contributed by atoms with Crippen LogP contribution < -0.4 is 16.0 Å². The molecule has 0 aliphatic carbocycles. The van der Waals surface area contributed by atoms with E-state index < -0.39 is 0 Å². The van der Waals surface area contributed by atoms with Gasteiger partial charge in [0.15, 0.2) is 5.96 Å². The lowest BCUT2D eigenvalue weighted by molar-refractivity contribution is -0.114. The van der Waals surface area contributed by atoms with E-state index in [1.807, 2.05) is 25.1 Å². The van der Waals surface area contributed by atoms with Crippen molar-refractivity contribution in [1.82, 2.24) is 15.6 Å². The summed E-state index contributed by atoms with van der Waals surface area (Å²) in [7, 11) is 0. The minimum Gasteiger partial charge on any atom is -0.357 e. The van der Waals surface area contributed by atoms with Gasteiger partial charge in [0, 0.05) is 12.7 Å². The molecule has 1 aromatic heterocycles. The first kappa shape index (κ1) is 20.9. The number of pyridine rings is 1. The smallest absolute Gasteiger partial charge is 0.246 e. The van der Waals surface area contributed by atoms with Gasteiger partial charge in [-0.25, -0.2) is 4.99 Å². The number of aromatic nitrogens is 1. The molecule has 134 valence electrons. The number of hydrogen-bond donors (Lipinski definition) is 3. The number of benzene rings is 1. The van der Waals surface area contributed by atoms with Crippen LogP contribution in [0.2, 0.25) is 0 Å². The number of rotatable bonds is 6. The number of nitrogens with zero attached hydrogens (tertiary/aromatic N) is 2. The second-order valence-corrected chi connectivity index (χ2v) is 5.26. The lowest BCUT2D eigenvalue weighted by Gasteiger charge is -2.18. The Bertz CT molecular complexity index is 664. The van der Waals surface area contributed by atoms with Crippen LogP contribution in [0.5, 0.6) is 0 Å². The van der Waals surface area contributed by atoms with E-state index in [0.717, 1.165) is 12.1 Å². The molecule has 0 saturated carbocycles. The summed E-state index contributed by atoms with van der Waals surface area (Å²) in [6.45, 7) is 4.79. The van der Waals surface area contributed by atoms with Crippen molar-refractivity contribution in [2.75, 3.05) is 18.4 Å². The Labute approximate surface area is 165 Å². The summed E-state index contributed by atoms with van der Waals surface area (Å²) in [6.07, 6.45) is 3.26. The van der Waals surface area contributed by atoms with Crippen LogP contribution in [0.3, 0.4) is 0 Å². The number of hydrogen-bond acceptors (Lipinski definition) is 3. The van der Waals surface area contributed by atoms with E-state index >= 15 is 0 Å². The topological polar surface area (TPSA) is 78.4 Å². The van der Waals surface area contributed by atoms with Crippen LogP contribution in [0.4, 0.5) is 5.69 Å². The summed E-state index contributed by atoms with van der Waals surface area (Å²) < 4.78 is 0. The zero-order valence-corrected chi connectivity index (χ0v) is 16.7. The quantitative estimate of drug-likeness (QED) is 0.357. The Morgan fingerprint density at radius 1 is 1.20 bits per heavy atom. The van der Waals surface area contributed by atoms with Gasteiger partial charge in [0.2, 0.25) is 5.91 Å². The molecule has 2 aromatic rings. The second-order valence-electron chi connectivity index (χ2n) is 5.26. The first-order valence-corrected chi connectivity index (χ1v) is 7.98. The summed E-state index contributed by atoms with van der Waals surface area (Å²) in [5, 5.41) is 9.21. The highest BCUT2D eigenvalue weighted by Gasteiger charge is 2.08. The third kappa shape index (κ3) is 7.51. The van der Waals surface area contributed by atoms with Crippen LogP contribution in [0.1, 0.15) is 25.5 Å². The molecule has 0 bridgehead atoms. The highest BCUT2D eigenvalue weighted by Crippen LogP contribution is 2.10. The minimum atomic E-state index is -0.187. The Hall–Kier alpha value is -2.16. The van der Waals surface area contributed by atoms with Crippen molar-refractivity contribution in [2.24, 2.45) is 4.99 Å². The van der Waals surface area contributed by atoms with Gasteiger partial charge in [0.25, 0.3) is 0 Å². The maximum atomic E-state index is 12.0. The highest BCUT2D eigenvalue weighted by molar-refractivity contribution is 14.0. The van der Waals surface area contributed by atoms with Crippen LogP contribution in [-0.2, 0) is 4.79 Å². The number of guanidine groups is 1. The van der Waals surface area contributed by atoms with Gasteiger partial charge in [-0.3, -0.25) is 9.78 Å². The number of nitrogens with one attached hydrogen (secondary N) is 3. The number of halogens is 1. The average molecular weight is 453 g/mol. The van der Waals surface area contributed by atoms with Gasteiger partial charge in [-0.15, -0.1) is 24.0 Å². The molecule has 3 N–H and O–H groups in total. The molecule has 1 amide bonds. The first-order chi connectivity index (χ1) is 11.7. The van der Waals surface area contributed by atoms with Gasteiger partial charge in [-0.05, 0) is 31.5 Å². The van der Waals surface area contributed by atoms with Crippen LogP contribution in [-0.4, -0.2) is 29.9 Å². The fourth-order valence-electron chi connectivity index (χ4n) is 2.14. The third-order valence-corrected chi connectivity index (χ3v) is 3.32. The molecule has 0 fully saturated rings. The molecule has 0 aliphatic heterocycles. The molecule has 1 heterocycles. The van der Waals surface area contributed by atoms with Gasteiger partial charge in [-0.2, -0.15) is 0 Å². The fraction of sp³-hybridized carbons (Fsp3) is 0.278. The van der Waals surface area contributed by atoms with Crippen molar-refractivity contribution in [3.05, 3.63) is 60.4 Å². The van der Waals surface area contributed by atoms with Crippen LogP contribution in [0, 0.1) is 0 Å². The summed E-state index contributed by atoms with van der Waals surface area (Å²) in [5.41, 5.74) is 1.82. The third-order valence-electron chi connectivity index (χ3n) is 3.32. The molecule has 25 heavy (non-hydrogen) atoms. The number of carbonyl (C=O) groups is 1. The van der Waals surface area contributed by atoms with Gasteiger partial charge in [0.1, 0.15) is 6.54 Å². The van der Waals surface area contributed by atoms with Crippen molar-refractivity contribution in [2.45, 2.75) is 19.9 Å². The van der Waals surface area contributed by atoms with E-state index in [0.29, 0.717) is 11.6 Å². The maximum Gasteiger partial charge on any atom is 0.246 e. The number of carbonyl (C=O) groups excluding carboxylic acids is 1. The average Bonchev–Trinajstić information content (AvgIpc) is 2.61. The first-order valence-electron chi connectivity index (χ1n) is 7.98. The summed E-state index contributed by atoms with van der Waals surface area (Å²) in [4.78, 5) is 20.3. The summed E-state index contributed by atoms with van der Waals surface area (Å²) in [6, 6.07) is 13.7. The predicted molar refractivity (Wildman–Crippen MR) is 112 cm³/mol. The van der Waals surface area contributed by atoms with Crippen LogP contribution in [0.25, 0.3) is 0 Å². The molecule has 0 aliphatic rings. The predicted octanol–water partition coefficient (Wildman–Crippen LogP) is 2.95. The largest absolute Gasteiger partial charge is 0.357 e. The Morgan fingerprint density at radius 2 is 1.96 bits per heavy atom. The molecule has 2 rings (SSSR count). The molecule has 0 spiro atoms. The highest BCUT2D eigenvalue weighted by atomic mass is 127. The molecular formula is C18H24IN5O. The maximum absolute atomic E-state index is 12.0. The van der Waals surface area contributed by atoms with Gasteiger partial charge < -0.3 is 16.0 Å². The lowest BCUT2D eigenvalue weighted by atomic mass is 10.1. The number of aliphatic imine (C=N–C) groups is 1. The lowest BCUT2D eigenvalue weighted by Crippen LogP contribution is -2.39. The Balaban J connectivity index is 0.00000312. The Morgan fingerprint density at radius 3 is 2.60 bits per heavy atom. The van der Waals surface area contributed by atoms with Gasteiger partial charge in [-0.1, -0.05) is 30.3 Å². The SMILES string of the molecule is CCNC(=NCC(=O)Nc1cccnc1)NC(C)c1ccccc1.I. The van der Waals surface area contributed by atoms with E-state index in [1.165, 1.54) is 0 Å². The molecule has 0 radical (unpaired) electrons. The fourth-order valence-corrected chi connectivity index (χ4v) is 2.14.